The molecular formula is C15H19N5O2. The van der Waals surface area contributed by atoms with Crippen LogP contribution in [0.1, 0.15) is 41.5 Å². The Morgan fingerprint density at radius 3 is 2.91 bits per heavy atom. The van der Waals surface area contributed by atoms with Crippen molar-refractivity contribution in [3.8, 4) is 0 Å². The molecule has 7 nitrogen and oxygen atoms in total. The topological polar surface area (TPSA) is 92.9 Å². The van der Waals surface area contributed by atoms with Crippen molar-refractivity contribution >= 4 is 5.91 Å². The number of hydrogen-bond acceptors (Lipinski definition) is 5. The Kier molecular flexibility index (Phi) is 4.15. The second-order valence-electron chi connectivity index (χ2n) is 5.62. The van der Waals surface area contributed by atoms with Gasteiger partial charge in [-0.25, -0.2) is 9.97 Å². The highest BCUT2D eigenvalue weighted by molar-refractivity contribution is 5.92. The number of nitrogens with zero attached hydrogens (tertiary/aromatic N) is 4. The van der Waals surface area contributed by atoms with Gasteiger partial charge in [0.15, 0.2) is 0 Å². The molecule has 1 amide bonds. The predicted octanol–water partition coefficient (Wildman–Crippen LogP) is 0.866. The lowest BCUT2D eigenvalue weighted by Gasteiger charge is -2.35. The number of carbonyl (C=O) groups excluding carboxylic acids is 1. The fourth-order valence-electron chi connectivity index (χ4n) is 2.86. The molecule has 1 saturated carbocycles. The van der Waals surface area contributed by atoms with Crippen LogP contribution in [0.5, 0.6) is 0 Å². The largest absolute Gasteiger partial charge is 0.389 e. The lowest BCUT2D eigenvalue weighted by molar-refractivity contribution is 0.0397. The molecule has 7 heteroatoms. The maximum absolute atomic E-state index is 12.2. The van der Waals surface area contributed by atoms with Crippen LogP contribution in [0.4, 0.5) is 0 Å². The quantitative estimate of drug-likeness (QED) is 0.877. The first-order chi connectivity index (χ1) is 10.6. The molecule has 0 aromatic carbocycles. The number of hydrogen-bond donors (Lipinski definition) is 2. The van der Waals surface area contributed by atoms with Crippen molar-refractivity contribution in [3.05, 3.63) is 42.5 Å². The molecule has 2 N–H and O–H groups in total. The lowest BCUT2D eigenvalue weighted by Crippen LogP contribution is -2.49. The molecule has 3 atom stereocenters. The molecule has 2 heterocycles. The Labute approximate surface area is 128 Å². The monoisotopic (exact) mass is 301 g/mol. The molecule has 2 aromatic heterocycles. The van der Waals surface area contributed by atoms with Crippen molar-refractivity contribution in [2.75, 3.05) is 0 Å². The average Bonchev–Trinajstić information content (AvgIpc) is 3.04. The van der Waals surface area contributed by atoms with Gasteiger partial charge in [0.1, 0.15) is 5.69 Å². The minimum absolute atomic E-state index is 0.0642. The average molecular weight is 301 g/mol. The van der Waals surface area contributed by atoms with Crippen molar-refractivity contribution in [1.29, 1.82) is 0 Å². The fraction of sp³-hybridized carbons (Fsp3) is 0.467. The van der Waals surface area contributed by atoms with Gasteiger partial charge in [0.25, 0.3) is 5.91 Å². The molecular weight excluding hydrogens is 282 g/mol. The van der Waals surface area contributed by atoms with Crippen LogP contribution >= 0.6 is 0 Å². The Morgan fingerprint density at radius 2 is 2.23 bits per heavy atom. The summed E-state index contributed by atoms with van der Waals surface area (Å²) in [5, 5.41) is 13.4. The first-order valence-electron chi connectivity index (χ1n) is 7.40. The summed E-state index contributed by atoms with van der Waals surface area (Å²) in [5.41, 5.74) is 1.02. The van der Waals surface area contributed by atoms with Crippen molar-refractivity contribution in [2.24, 2.45) is 0 Å². The fourth-order valence-corrected chi connectivity index (χ4v) is 2.86. The first-order valence-corrected chi connectivity index (χ1v) is 7.40. The lowest BCUT2D eigenvalue weighted by atomic mass is 9.88. The van der Waals surface area contributed by atoms with E-state index >= 15 is 0 Å². The van der Waals surface area contributed by atoms with Crippen LogP contribution < -0.4 is 5.32 Å². The van der Waals surface area contributed by atoms with Gasteiger partial charge in [-0.1, -0.05) is 0 Å². The minimum Gasteiger partial charge on any atom is -0.389 e. The Hall–Kier alpha value is -2.28. The van der Waals surface area contributed by atoms with Gasteiger partial charge < -0.3 is 15.0 Å². The number of rotatable bonds is 3. The highest BCUT2D eigenvalue weighted by Gasteiger charge is 2.33. The molecule has 0 unspecified atom stereocenters. The molecule has 0 aliphatic heterocycles. The van der Waals surface area contributed by atoms with E-state index in [2.05, 4.69) is 20.3 Å². The molecule has 1 aliphatic rings. The molecule has 116 valence electrons. The number of imidazole rings is 1. The number of aryl methyl sites for hydroxylation is 1. The van der Waals surface area contributed by atoms with E-state index in [1.807, 2.05) is 17.7 Å². The summed E-state index contributed by atoms with van der Waals surface area (Å²) in [6.07, 6.45) is 10.1. The van der Waals surface area contributed by atoms with E-state index in [1.165, 1.54) is 6.20 Å². The molecule has 1 aliphatic carbocycles. The molecule has 1 fully saturated rings. The van der Waals surface area contributed by atoms with Crippen LogP contribution in [0.15, 0.2) is 31.1 Å². The van der Waals surface area contributed by atoms with Crippen molar-refractivity contribution in [3.63, 3.8) is 0 Å². The van der Waals surface area contributed by atoms with Crippen molar-refractivity contribution in [2.45, 2.75) is 44.4 Å². The van der Waals surface area contributed by atoms with Crippen LogP contribution in [0.3, 0.4) is 0 Å². The van der Waals surface area contributed by atoms with Gasteiger partial charge >= 0.3 is 0 Å². The highest BCUT2D eigenvalue weighted by atomic mass is 16.3. The number of carbonyl (C=O) groups is 1. The number of nitrogens with one attached hydrogen (secondary N) is 1. The number of amides is 1. The maximum atomic E-state index is 12.2. The zero-order valence-electron chi connectivity index (χ0n) is 12.4. The molecule has 0 spiro atoms. The van der Waals surface area contributed by atoms with Crippen LogP contribution in [0, 0.1) is 6.92 Å². The van der Waals surface area contributed by atoms with E-state index in [-0.39, 0.29) is 23.7 Å². The van der Waals surface area contributed by atoms with Gasteiger partial charge in [-0.15, -0.1) is 0 Å². The van der Waals surface area contributed by atoms with E-state index in [0.29, 0.717) is 0 Å². The number of aromatic nitrogens is 4. The summed E-state index contributed by atoms with van der Waals surface area (Å²) in [6.45, 7) is 1.81. The second kappa shape index (κ2) is 6.23. The summed E-state index contributed by atoms with van der Waals surface area (Å²) >= 11 is 0. The number of aliphatic hydroxyl groups is 1. The predicted molar refractivity (Wildman–Crippen MR) is 79.1 cm³/mol. The van der Waals surface area contributed by atoms with Gasteiger partial charge in [-0.2, -0.15) is 0 Å². The molecule has 2 aromatic rings. The Balaban J connectivity index is 1.69. The van der Waals surface area contributed by atoms with E-state index in [9.17, 15) is 9.90 Å². The number of aliphatic hydroxyl groups excluding tert-OH is 1. The highest BCUT2D eigenvalue weighted by Crippen LogP contribution is 2.29. The first kappa shape index (κ1) is 14.6. The van der Waals surface area contributed by atoms with Gasteiger partial charge in [0, 0.05) is 18.6 Å². The van der Waals surface area contributed by atoms with Crippen LogP contribution in [-0.2, 0) is 0 Å². The Bertz CT molecular complexity index is 626. The van der Waals surface area contributed by atoms with E-state index in [0.717, 1.165) is 25.0 Å². The third-order valence-electron chi connectivity index (χ3n) is 4.06. The van der Waals surface area contributed by atoms with Gasteiger partial charge in [0.05, 0.1) is 36.4 Å². The normalized spacial score (nSPS) is 24.9. The molecule has 3 rings (SSSR count). The van der Waals surface area contributed by atoms with Gasteiger partial charge in [0.2, 0.25) is 0 Å². The molecule has 0 bridgehead atoms. The van der Waals surface area contributed by atoms with Gasteiger partial charge in [-0.05, 0) is 26.2 Å². The SMILES string of the molecule is Cc1cnc(C(=O)N[C@@H]2CCC[C@@H](n3ccnc3)[C@@H]2O)cn1. The van der Waals surface area contributed by atoms with Gasteiger partial charge in [-0.3, -0.25) is 9.78 Å². The second-order valence-corrected chi connectivity index (χ2v) is 5.62. The van der Waals surface area contributed by atoms with Crippen molar-refractivity contribution in [1.82, 2.24) is 24.8 Å². The van der Waals surface area contributed by atoms with Crippen LogP contribution in [0.2, 0.25) is 0 Å². The molecule has 0 radical (unpaired) electrons. The summed E-state index contributed by atoms with van der Waals surface area (Å²) in [7, 11) is 0. The zero-order chi connectivity index (χ0) is 15.5. The third-order valence-corrected chi connectivity index (χ3v) is 4.06. The summed E-state index contributed by atoms with van der Waals surface area (Å²) in [4.78, 5) is 24.4. The summed E-state index contributed by atoms with van der Waals surface area (Å²) in [6, 6.07) is -0.359. The smallest absolute Gasteiger partial charge is 0.271 e. The summed E-state index contributed by atoms with van der Waals surface area (Å²) < 4.78 is 1.90. The van der Waals surface area contributed by atoms with Crippen LogP contribution in [0.25, 0.3) is 0 Å². The standard InChI is InChI=1S/C15H19N5O2/c1-10-7-18-12(8-17-10)15(22)19-11-3-2-4-13(14(11)21)20-6-5-16-9-20/h5-9,11,13-14,21H,2-4H2,1H3,(H,19,22)/t11-,13-,14-/m1/s1. The summed E-state index contributed by atoms with van der Waals surface area (Å²) in [5.74, 6) is -0.303. The molecule has 22 heavy (non-hydrogen) atoms. The Morgan fingerprint density at radius 1 is 1.36 bits per heavy atom. The maximum Gasteiger partial charge on any atom is 0.271 e. The van der Waals surface area contributed by atoms with E-state index in [4.69, 9.17) is 0 Å². The zero-order valence-corrected chi connectivity index (χ0v) is 12.4. The third kappa shape index (κ3) is 2.99. The minimum atomic E-state index is -0.648. The van der Waals surface area contributed by atoms with Crippen molar-refractivity contribution < 1.29 is 9.90 Å². The molecule has 0 saturated heterocycles. The van der Waals surface area contributed by atoms with Crippen LogP contribution in [-0.4, -0.2) is 42.7 Å². The van der Waals surface area contributed by atoms with E-state index in [1.54, 1.807) is 18.7 Å². The van der Waals surface area contributed by atoms with E-state index < -0.39 is 6.10 Å².